The Balaban J connectivity index is 0. The molecule has 0 rings (SSSR count). The summed E-state index contributed by atoms with van der Waals surface area (Å²) < 4.78 is 8.88. The molecule has 0 amide bonds. The van der Waals surface area contributed by atoms with Crippen molar-refractivity contribution in [3.8, 4) is 0 Å². The standard InChI is InChI=1S/C5H8O2.H3O4P/c1-3-4(2)5(6)7;1-5(2,3)4/h2-3H2,1H3,(H,6,7);(H3,1,2,3,4). The number of rotatable bonds is 2. The molecule has 0 aromatic rings. The van der Waals surface area contributed by atoms with Gasteiger partial charge in [0, 0.05) is 5.57 Å². The Morgan fingerprint density at radius 3 is 1.67 bits per heavy atom. The van der Waals surface area contributed by atoms with Gasteiger partial charge in [-0.3, -0.25) is 0 Å². The fourth-order valence-corrected chi connectivity index (χ4v) is 0.151. The zero-order valence-electron chi connectivity index (χ0n) is 6.47. The van der Waals surface area contributed by atoms with E-state index in [1.807, 2.05) is 0 Å². The van der Waals surface area contributed by atoms with Gasteiger partial charge in [0.1, 0.15) is 0 Å². The van der Waals surface area contributed by atoms with Gasteiger partial charge in [-0.2, -0.15) is 0 Å². The van der Waals surface area contributed by atoms with Crippen molar-refractivity contribution in [1.29, 1.82) is 0 Å². The van der Waals surface area contributed by atoms with E-state index in [2.05, 4.69) is 6.58 Å². The van der Waals surface area contributed by atoms with E-state index < -0.39 is 13.8 Å². The highest BCUT2D eigenvalue weighted by Crippen LogP contribution is 2.25. The molecule has 0 saturated heterocycles. The molecule has 6 nitrogen and oxygen atoms in total. The normalized spacial score (nSPS) is 9.67. The van der Waals surface area contributed by atoms with Crippen LogP contribution in [0, 0.1) is 0 Å². The van der Waals surface area contributed by atoms with Crippen molar-refractivity contribution in [2.45, 2.75) is 13.3 Å². The van der Waals surface area contributed by atoms with Gasteiger partial charge < -0.3 is 19.8 Å². The van der Waals surface area contributed by atoms with Crippen LogP contribution >= 0.6 is 7.82 Å². The van der Waals surface area contributed by atoms with Crippen molar-refractivity contribution in [2.24, 2.45) is 0 Å². The Hall–Kier alpha value is -0.680. The van der Waals surface area contributed by atoms with Crippen LogP contribution in [0.1, 0.15) is 13.3 Å². The lowest BCUT2D eigenvalue weighted by Gasteiger charge is -1.87. The second-order valence-electron chi connectivity index (χ2n) is 1.78. The molecule has 0 aliphatic heterocycles. The maximum absolute atomic E-state index is 9.83. The van der Waals surface area contributed by atoms with Crippen molar-refractivity contribution < 1.29 is 29.1 Å². The average molecular weight is 198 g/mol. The van der Waals surface area contributed by atoms with E-state index in [0.29, 0.717) is 6.42 Å². The topological polar surface area (TPSA) is 115 Å². The molecule has 0 spiro atoms. The summed E-state index contributed by atoms with van der Waals surface area (Å²) in [4.78, 5) is 31.4. The molecule has 12 heavy (non-hydrogen) atoms. The number of phosphoric acid groups is 1. The monoisotopic (exact) mass is 198 g/mol. The molecule has 0 unspecified atom stereocenters. The first-order chi connectivity index (χ1) is 5.18. The summed E-state index contributed by atoms with van der Waals surface area (Å²) in [5.74, 6) is -0.900. The summed E-state index contributed by atoms with van der Waals surface area (Å²) in [5, 5.41) is 8.08. The van der Waals surface area contributed by atoms with Crippen LogP contribution in [0.3, 0.4) is 0 Å². The minimum Gasteiger partial charge on any atom is -0.478 e. The van der Waals surface area contributed by atoms with Crippen LogP contribution < -0.4 is 0 Å². The zero-order valence-corrected chi connectivity index (χ0v) is 7.36. The number of hydrogen-bond donors (Lipinski definition) is 4. The van der Waals surface area contributed by atoms with Crippen molar-refractivity contribution in [2.75, 3.05) is 0 Å². The second-order valence-corrected chi connectivity index (χ2v) is 2.80. The molecule has 0 bridgehead atoms. The Labute approximate surface area is 69.4 Å². The molecule has 0 aliphatic rings. The second kappa shape index (κ2) is 5.91. The van der Waals surface area contributed by atoms with Crippen molar-refractivity contribution >= 4 is 13.8 Å². The van der Waals surface area contributed by atoms with Gasteiger partial charge in [0.25, 0.3) is 0 Å². The number of carboxylic acid groups (broad SMARTS) is 1. The van der Waals surface area contributed by atoms with E-state index in [1.165, 1.54) is 0 Å². The maximum atomic E-state index is 9.83. The third-order valence-electron chi connectivity index (χ3n) is 0.729. The van der Waals surface area contributed by atoms with Crippen LogP contribution in [0.5, 0.6) is 0 Å². The highest BCUT2D eigenvalue weighted by atomic mass is 31.2. The number of hydrogen-bond acceptors (Lipinski definition) is 2. The van der Waals surface area contributed by atoms with Crippen LogP contribution in [-0.2, 0) is 9.36 Å². The molecule has 72 valence electrons. The van der Waals surface area contributed by atoms with Gasteiger partial charge in [-0.25, -0.2) is 9.36 Å². The van der Waals surface area contributed by atoms with Gasteiger partial charge in [0.2, 0.25) is 0 Å². The van der Waals surface area contributed by atoms with E-state index in [9.17, 15) is 4.79 Å². The molecule has 0 aromatic heterocycles. The Morgan fingerprint density at radius 1 is 1.42 bits per heavy atom. The van der Waals surface area contributed by atoms with Gasteiger partial charge >= 0.3 is 13.8 Å². The van der Waals surface area contributed by atoms with Crippen LogP contribution in [-0.4, -0.2) is 25.8 Å². The van der Waals surface area contributed by atoms with E-state index in [4.69, 9.17) is 24.4 Å². The van der Waals surface area contributed by atoms with E-state index in [-0.39, 0.29) is 5.57 Å². The minimum absolute atomic E-state index is 0.264. The first kappa shape index (κ1) is 13.9. The Kier molecular flexibility index (Phi) is 6.83. The predicted molar refractivity (Wildman–Crippen MR) is 41.3 cm³/mol. The lowest BCUT2D eigenvalue weighted by molar-refractivity contribution is -0.132. The van der Waals surface area contributed by atoms with Crippen molar-refractivity contribution in [1.82, 2.24) is 0 Å². The summed E-state index contributed by atoms with van der Waals surface area (Å²) >= 11 is 0. The molecule has 4 N–H and O–H groups in total. The van der Waals surface area contributed by atoms with Crippen LogP contribution in [0.2, 0.25) is 0 Å². The third-order valence-corrected chi connectivity index (χ3v) is 0.729. The van der Waals surface area contributed by atoms with Gasteiger partial charge in [-0.15, -0.1) is 0 Å². The fraction of sp³-hybridized carbons (Fsp3) is 0.400. The van der Waals surface area contributed by atoms with E-state index >= 15 is 0 Å². The number of carboxylic acids is 1. The summed E-state index contributed by atoms with van der Waals surface area (Å²) in [6, 6.07) is 0. The van der Waals surface area contributed by atoms with E-state index in [1.54, 1.807) is 6.92 Å². The molecule has 0 fully saturated rings. The van der Waals surface area contributed by atoms with Crippen molar-refractivity contribution in [3.63, 3.8) is 0 Å². The summed E-state index contributed by atoms with van der Waals surface area (Å²) in [7, 11) is -4.64. The lowest BCUT2D eigenvalue weighted by Crippen LogP contribution is -1.95. The Morgan fingerprint density at radius 2 is 1.67 bits per heavy atom. The predicted octanol–water partition coefficient (Wildman–Crippen LogP) is 0.109. The van der Waals surface area contributed by atoms with Crippen LogP contribution in [0.25, 0.3) is 0 Å². The van der Waals surface area contributed by atoms with Crippen LogP contribution in [0.4, 0.5) is 0 Å². The van der Waals surface area contributed by atoms with Gasteiger partial charge in [0.05, 0.1) is 0 Å². The van der Waals surface area contributed by atoms with Crippen molar-refractivity contribution in [3.05, 3.63) is 12.2 Å². The summed E-state index contributed by atoms with van der Waals surface area (Å²) in [6.07, 6.45) is 0.523. The molecule has 0 heterocycles. The molecule has 7 heteroatoms. The molecule has 0 aliphatic carbocycles. The van der Waals surface area contributed by atoms with Gasteiger partial charge in [0.15, 0.2) is 0 Å². The zero-order chi connectivity index (χ0) is 10.4. The first-order valence-corrected chi connectivity index (χ1v) is 4.44. The summed E-state index contributed by atoms with van der Waals surface area (Å²) in [5.41, 5.74) is 0.264. The summed E-state index contributed by atoms with van der Waals surface area (Å²) in [6.45, 7) is 5.03. The quantitative estimate of drug-likeness (QED) is 0.369. The molecule has 0 aromatic carbocycles. The minimum atomic E-state index is -4.64. The third kappa shape index (κ3) is 22.8. The first-order valence-electron chi connectivity index (χ1n) is 2.87. The fourth-order valence-electron chi connectivity index (χ4n) is 0.151. The SMILES string of the molecule is C=C(CC)C(=O)O.O=P(O)(O)O. The highest BCUT2D eigenvalue weighted by Gasteiger charge is 2.00. The maximum Gasteiger partial charge on any atom is 0.466 e. The number of carbonyl (C=O) groups is 1. The highest BCUT2D eigenvalue weighted by molar-refractivity contribution is 7.45. The lowest BCUT2D eigenvalue weighted by atomic mass is 10.2. The molecular formula is C5H11O6P. The molecule has 0 atom stereocenters. The van der Waals surface area contributed by atoms with Gasteiger partial charge in [-0.05, 0) is 6.42 Å². The van der Waals surface area contributed by atoms with Gasteiger partial charge in [-0.1, -0.05) is 13.5 Å². The molecule has 0 radical (unpaired) electrons. The van der Waals surface area contributed by atoms with Crippen LogP contribution in [0.15, 0.2) is 12.2 Å². The van der Waals surface area contributed by atoms with E-state index in [0.717, 1.165) is 0 Å². The molecule has 0 saturated carbocycles. The largest absolute Gasteiger partial charge is 0.478 e. The Bertz CT molecular complexity index is 196. The average Bonchev–Trinajstić information content (AvgIpc) is 1.82. The number of aliphatic carboxylic acids is 1. The smallest absolute Gasteiger partial charge is 0.466 e. The molecular weight excluding hydrogens is 187 g/mol.